The molecule has 0 spiro atoms. The van der Waals surface area contributed by atoms with E-state index < -0.39 is 0 Å². The van der Waals surface area contributed by atoms with Gasteiger partial charge in [-0.2, -0.15) is 0 Å². The Labute approximate surface area is 84.9 Å². The molecule has 1 N–H and O–H groups in total. The van der Waals surface area contributed by atoms with Crippen molar-refractivity contribution in [3.63, 3.8) is 0 Å². The van der Waals surface area contributed by atoms with Gasteiger partial charge >= 0.3 is 0 Å². The number of allylic oxidation sites excluding steroid dienone is 2. The predicted molar refractivity (Wildman–Crippen MR) is 61.4 cm³/mol. The molecule has 0 unspecified atom stereocenters. The maximum absolute atomic E-state index is 3.49. The third-order valence-electron chi connectivity index (χ3n) is 3.03. The molecule has 0 aliphatic heterocycles. The van der Waals surface area contributed by atoms with Gasteiger partial charge in [0.05, 0.1) is 0 Å². The molecule has 0 aromatic carbocycles. The van der Waals surface area contributed by atoms with Crippen LogP contribution in [0, 0.1) is 13.8 Å². The van der Waals surface area contributed by atoms with Gasteiger partial charge in [0, 0.05) is 11.0 Å². The largest absolute Gasteiger partial charge is 0.358 e. The van der Waals surface area contributed by atoms with Gasteiger partial charge in [0.2, 0.25) is 0 Å². The van der Waals surface area contributed by atoms with Crippen molar-refractivity contribution in [2.45, 2.75) is 33.6 Å². The second-order valence-electron chi connectivity index (χ2n) is 3.88. The number of nitrogens with one attached hydrogen (secondary N) is 1. The van der Waals surface area contributed by atoms with Gasteiger partial charge in [0.1, 0.15) is 0 Å². The Kier molecular flexibility index (Phi) is 2.32. The Morgan fingerprint density at radius 1 is 1.36 bits per heavy atom. The molecular formula is C13H17N. The Morgan fingerprint density at radius 2 is 2.14 bits per heavy atom. The SMILES string of the molecule is CCC1=c2[nH]c(C)c(C)c2=CCC=C1. The summed E-state index contributed by atoms with van der Waals surface area (Å²) < 4.78 is 0. The lowest BCUT2D eigenvalue weighted by Gasteiger charge is -1.92. The topological polar surface area (TPSA) is 15.8 Å². The lowest BCUT2D eigenvalue weighted by Crippen LogP contribution is -2.25. The third kappa shape index (κ3) is 1.33. The first-order valence-electron chi connectivity index (χ1n) is 5.29. The smallest absolute Gasteiger partial charge is 0.0487 e. The van der Waals surface area contributed by atoms with Crippen LogP contribution in [0.25, 0.3) is 11.6 Å². The van der Waals surface area contributed by atoms with Crippen molar-refractivity contribution in [3.05, 3.63) is 34.0 Å². The number of hydrogen-bond acceptors (Lipinski definition) is 0. The average molecular weight is 187 g/mol. The Hall–Kier alpha value is -1.24. The first kappa shape index (κ1) is 9.32. The number of rotatable bonds is 1. The fourth-order valence-corrected chi connectivity index (χ4v) is 2.02. The molecule has 1 aromatic heterocycles. The van der Waals surface area contributed by atoms with Crippen molar-refractivity contribution in [3.8, 4) is 0 Å². The highest BCUT2D eigenvalue weighted by molar-refractivity contribution is 5.58. The van der Waals surface area contributed by atoms with Gasteiger partial charge in [0.15, 0.2) is 0 Å². The van der Waals surface area contributed by atoms with Crippen LogP contribution in [-0.4, -0.2) is 4.98 Å². The van der Waals surface area contributed by atoms with E-state index in [1.807, 2.05) is 0 Å². The summed E-state index contributed by atoms with van der Waals surface area (Å²) >= 11 is 0. The fourth-order valence-electron chi connectivity index (χ4n) is 2.02. The monoisotopic (exact) mass is 187 g/mol. The number of aryl methyl sites for hydroxylation is 1. The zero-order valence-corrected chi connectivity index (χ0v) is 9.15. The van der Waals surface area contributed by atoms with Crippen LogP contribution in [0.4, 0.5) is 0 Å². The minimum Gasteiger partial charge on any atom is -0.358 e. The Bertz CT molecular complexity index is 486. The molecule has 1 aromatic rings. The zero-order valence-electron chi connectivity index (χ0n) is 9.15. The minimum absolute atomic E-state index is 1.05. The molecule has 0 fully saturated rings. The quantitative estimate of drug-likeness (QED) is 0.691. The lowest BCUT2D eigenvalue weighted by molar-refractivity contribution is 1.16. The second-order valence-corrected chi connectivity index (χ2v) is 3.88. The van der Waals surface area contributed by atoms with Crippen LogP contribution in [0.1, 0.15) is 31.0 Å². The Balaban J connectivity index is 2.88. The highest BCUT2D eigenvalue weighted by Crippen LogP contribution is 2.05. The number of aromatic nitrogens is 1. The van der Waals surface area contributed by atoms with Gasteiger partial charge in [-0.1, -0.05) is 25.2 Å². The summed E-state index contributed by atoms with van der Waals surface area (Å²) in [6.45, 7) is 6.55. The van der Waals surface area contributed by atoms with Gasteiger partial charge in [-0.25, -0.2) is 0 Å². The zero-order chi connectivity index (χ0) is 10.1. The normalized spacial score (nSPS) is 14.9. The van der Waals surface area contributed by atoms with E-state index in [1.54, 1.807) is 0 Å². The van der Waals surface area contributed by atoms with Gasteiger partial charge in [-0.15, -0.1) is 0 Å². The molecule has 1 aliphatic carbocycles. The van der Waals surface area contributed by atoms with Crippen LogP contribution in [0.5, 0.6) is 0 Å². The Morgan fingerprint density at radius 3 is 2.86 bits per heavy atom. The third-order valence-corrected chi connectivity index (χ3v) is 3.03. The molecule has 0 bridgehead atoms. The number of hydrogen-bond donors (Lipinski definition) is 1. The van der Waals surface area contributed by atoms with Crippen LogP contribution < -0.4 is 10.6 Å². The molecule has 1 nitrogen and oxygen atoms in total. The first-order valence-corrected chi connectivity index (χ1v) is 5.29. The first-order chi connectivity index (χ1) is 6.74. The molecule has 0 saturated carbocycles. The average Bonchev–Trinajstić information content (AvgIpc) is 2.41. The van der Waals surface area contributed by atoms with E-state index in [-0.39, 0.29) is 0 Å². The molecule has 0 radical (unpaired) electrons. The summed E-state index contributed by atoms with van der Waals surface area (Å²) in [5.74, 6) is 0. The predicted octanol–water partition coefficient (Wildman–Crippen LogP) is 1.93. The summed E-state index contributed by atoms with van der Waals surface area (Å²) in [6, 6.07) is 0. The maximum atomic E-state index is 3.49. The van der Waals surface area contributed by atoms with E-state index in [4.69, 9.17) is 0 Å². The molecule has 1 heteroatoms. The lowest BCUT2D eigenvalue weighted by atomic mass is 10.1. The minimum atomic E-state index is 1.05. The standard InChI is InChI=1S/C13H17N/c1-4-11-7-5-6-8-12-9(2)10(3)14-13(11)12/h5,7-8,14H,4,6H2,1-3H3. The summed E-state index contributed by atoms with van der Waals surface area (Å²) in [5, 5.41) is 2.74. The molecule has 1 aliphatic rings. The van der Waals surface area contributed by atoms with Crippen molar-refractivity contribution in [2.24, 2.45) is 0 Å². The second kappa shape index (κ2) is 3.49. The molecule has 0 atom stereocenters. The highest BCUT2D eigenvalue weighted by atomic mass is 14.7. The van der Waals surface area contributed by atoms with Crippen molar-refractivity contribution < 1.29 is 0 Å². The van der Waals surface area contributed by atoms with Crippen LogP contribution in [0.3, 0.4) is 0 Å². The van der Waals surface area contributed by atoms with Crippen LogP contribution in [0.2, 0.25) is 0 Å². The van der Waals surface area contributed by atoms with Crippen molar-refractivity contribution in [1.29, 1.82) is 0 Å². The van der Waals surface area contributed by atoms with Gasteiger partial charge in [-0.05, 0) is 43.0 Å². The number of aromatic amines is 1. The van der Waals surface area contributed by atoms with E-state index >= 15 is 0 Å². The van der Waals surface area contributed by atoms with Gasteiger partial charge in [-0.3, -0.25) is 0 Å². The van der Waals surface area contributed by atoms with E-state index in [9.17, 15) is 0 Å². The summed E-state index contributed by atoms with van der Waals surface area (Å²) in [5.41, 5.74) is 4.12. The van der Waals surface area contributed by atoms with Crippen molar-refractivity contribution in [2.75, 3.05) is 0 Å². The molecule has 74 valence electrons. The van der Waals surface area contributed by atoms with Crippen LogP contribution in [0.15, 0.2) is 12.2 Å². The summed E-state index contributed by atoms with van der Waals surface area (Å²) in [4.78, 5) is 3.49. The molecule has 1 heterocycles. The summed E-state index contributed by atoms with van der Waals surface area (Å²) in [7, 11) is 0. The van der Waals surface area contributed by atoms with Crippen LogP contribution >= 0.6 is 0 Å². The molecule has 14 heavy (non-hydrogen) atoms. The van der Waals surface area contributed by atoms with Gasteiger partial charge in [0.25, 0.3) is 0 Å². The maximum Gasteiger partial charge on any atom is 0.0487 e. The van der Waals surface area contributed by atoms with Crippen LogP contribution in [-0.2, 0) is 0 Å². The van der Waals surface area contributed by atoms with E-state index in [0.717, 1.165) is 12.8 Å². The van der Waals surface area contributed by atoms with E-state index in [1.165, 1.54) is 27.4 Å². The summed E-state index contributed by atoms with van der Waals surface area (Å²) in [6.07, 6.45) is 8.94. The van der Waals surface area contributed by atoms with E-state index in [0.29, 0.717) is 0 Å². The van der Waals surface area contributed by atoms with E-state index in [2.05, 4.69) is 44.0 Å². The highest BCUT2D eigenvalue weighted by Gasteiger charge is 2.03. The van der Waals surface area contributed by atoms with Crippen molar-refractivity contribution >= 4 is 11.6 Å². The molecule has 0 amide bonds. The number of H-pyrrole nitrogens is 1. The number of fused-ring (bicyclic) bond motifs is 1. The van der Waals surface area contributed by atoms with Gasteiger partial charge < -0.3 is 4.98 Å². The molecule has 0 saturated heterocycles. The molecule has 2 rings (SSSR count). The molecular weight excluding hydrogens is 170 g/mol. The fraction of sp³-hybridized carbons (Fsp3) is 0.385. The van der Waals surface area contributed by atoms with Crippen molar-refractivity contribution in [1.82, 2.24) is 4.98 Å².